The molecule has 1 aliphatic rings. The van der Waals surface area contributed by atoms with E-state index in [0.717, 1.165) is 22.5 Å². The van der Waals surface area contributed by atoms with Crippen molar-refractivity contribution in [1.82, 2.24) is 10.3 Å². The van der Waals surface area contributed by atoms with Crippen LogP contribution in [0.15, 0.2) is 23.4 Å². The maximum Gasteiger partial charge on any atom is 0.115 e. The van der Waals surface area contributed by atoms with Crippen LogP contribution in [0.5, 0.6) is 0 Å². The van der Waals surface area contributed by atoms with E-state index in [2.05, 4.69) is 24.1 Å². The third kappa shape index (κ3) is 4.37. The van der Waals surface area contributed by atoms with Crippen molar-refractivity contribution < 1.29 is 0 Å². The minimum absolute atomic E-state index is 0.590. The number of nitrogens with zero attached hydrogens (tertiary/aromatic N) is 1. The molecule has 2 rings (SSSR count). The van der Waals surface area contributed by atoms with Gasteiger partial charge < -0.3 is 5.32 Å². The topological polar surface area (TPSA) is 24.9 Å². The Balaban J connectivity index is 2.05. The molecule has 20 heavy (non-hydrogen) atoms. The number of rotatable bonds is 6. The average Bonchev–Trinajstić information content (AvgIpc) is 2.45. The van der Waals surface area contributed by atoms with Crippen molar-refractivity contribution in [3.05, 3.63) is 23.4 Å². The Bertz CT molecular complexity index is 413. The number of pyridine rings is 1. The third-order valence-electron chi connectivity index (χ3n) is 4.05. The summed E-state index contributed by atoms with van der Waals surface area (Å²) in [4.78, 5) is 4.44. The lowest BCUT2D eigenvalue weighted by Crippen LogP contribution is -2.42. The Morgan fingerprint density at radius 1 is 1.40 bits per heavy atom. The molecule has 3 atom stereocenters. The second kappa shape index (κ2) is 8.26. The van der Waals surface area contributed by atoms with E-state index >= 15 is 0 Å². The van der Waals surface area contributed by atoms with Crippen LogP contribution < -0.4 is 5.32 Å². The van der Waals surface area contributed by atoms with Gasteiger partial charge in [-0.05, 0) is 43.9 Å². The molecule has 0 amide bonds. The Hall–Kier alpha value is -0.250. The first-order valence-electron chi connectivity index (χ1n) is 7.75. The number of nitrogens with one attached hydrogen (secondary N) is 1. The second-order valence-corrected chi connectivity index (χ2v) is 7.21. The van der Waals surface area contributed by atoms with E-state index in [-0.39, 0.29) is 0 Å². The summed E-state index contributed by atoms with van der Waals surface area (Å²) >= 11 is 8.13. The monoisotopic (exact) mass is 312 g/mol. The van der Waals surface area contributed by atoms with Crippen LogP contribution in [-0.2, 0) is 0 Å². The predicted octanol–water partition coefficient (Wildman–Crippen LogP) is 4.77. The highest BCUT2D eigenvalue weighted by Crippen LogP contribution is 2.39. The van der Waals surface area contributed by atoms with Gasteiger partial charge in [0.25, 0.3) is 0 Å². The SMILES string of the molecule is CCCC1CCC(NCC)C(Sc2ncccc2Cl)C1. The molecule has 3 unspecified atom stereocenters. The van der Waals surface area contributed by atoms with E-state index in [1.807, 2.05) is 30.1 Å². The highest BCUT2D eigenvalue weighted by Gasteiger charge is 2.31. The van der Waals surface area contributed by atoms with Gasteiger partial charge in [-0.15, -0.1) is 0 Å². The van der Waals surface area contributed by atoms with Gasteiger partial charge in [0.05, 0.1) is 5.02 Å². The lowest BCUT2D eigenvalue weighted by Gasteiger charge is -2.36. The van der Waals surface area contributed by atoms with Crippen molar-refractivity contribution in [3.8, 4) is 0 Å². The molecule has 1 aromatic heterocycles. The van der Waals surface area contributed by atoms with Crippen LogP contribution in [0.3, 0.4) is 0 Å². The maximum absolute atomic E-state index is 6.26. The second-order valence-electron chi connectivity index (χ2n) is 5.58. The number of halogens is 1. The lowest BCUT2D eigenvalue weighted by molar-refractivity contribution is 0.289. The molecule has 1 aliphatic carbocycles. The summed E-state index contributed by atoms with van der Waals surface area (Å²) in [5.74, 6) is 0.870. The molecule has 1 aromatic rings. The quantitative estimate of drug-likeness (QED) is 0.818. The fourth-order valence-electron chi connectivity index (χ4n) is 3.11. The van der Waals surface area contributed by atoms with Crippen molar-refractivity contribution in [2.24, 2.45) is 5.92 Å². The molecular formula is C16H25ClN2S. The summed E-state index contributed by atoms with van der Waals surface area (Å²) in [6.45, 7) is 5.51. The van der Waals surface area contributed by atoms with E-state index in [0.29, 0.717) is 11.3 Å². The highest BCUT2D eigenvalue weighted by atomic mass is 35.5. The van der Waals surface area contributed by atoms with Gasteiger partial charge in [-0.3, -0.25) is 0 Å². The van der Waals surface area contributed by atoms with Gasteiger partial charge in [0.15, 0.2) is 0 Å². The zero-order chi connectivity index (χ0) is 14.4. The van der Waals surface area contributed by atoms with Crippen molar-refractivity contribution in [1.29, 1.82) is 0 Å². The van der Waals surface area contributed by atoms with Crippen LogP contribution in [0.4, 0.5) is 0 Å². The molecule has 0 radical (unpaired) electrons. The van der Waals surface area contributed by atoms with Gasteiger partial charge in [0, 0.05) is 17.5 Å². The molecular weight excluding hydrogens is 288 g/mol. The molecule has 0 bridgehead atoms. The molecule has 2 nitrogen and oxygen atoms in total. The zero-order valence-electron chi connectivity index (χ0n) is 12.4. The van der Waals surface area contributed by atoms with Gasteiger partial charge in [-0.1, -0.05) is 50.1 Å². The minimum atomic E-state index is 0.590. The van der Waals surface area contributed by atoms with Crippen molar-refractivity contribution in [2.45, 2.75) is 62.3 Å². The largest absolute Gasteiger partial charge is 0.313 e. The lowest BCUT2D eigenvalue weighted by atomic mass is 9.83. The first-order chi connectivity index (χ1) is 9.74. The first kappa shape index (κ1) is 16.1. The van der Waals surface area contributed by atoms with Crippen LogP contribution >= 0.6 is 23.4 Å². The van der Waals surface area contributed by atoms with Gasteiger partial charge in [0.2, 0.25) is 0 Å². The normalized spacial score (nSPS) is 26.6. The van der Waals surface area contributed by atoms with Gasteiger partial charge >= 0.3 is 0 Å². The molecule has 1 fully saturated rings. The summed E-state index contributed by atoms with van der Waals surface area (Å²) in [5, 5.41) is 6.00. The van der Waals surface area contributed by atoms with Gasteiger partial charge in [-0.2, -0.15) is 0 Å². The van der Waals surface area contributed by atoms with E-state index in [4.69, 9.17) is 11.6 Å². The van der Waals surface area contributed by atoms with Crippen molar-refractivity contribution in [2.75, 3.05) is 6.54 Å². The van der Waals surface area contributed by atoms with Crippen molar-refractivity contribution in [3.63, 3.8) is 0 Å². The number of aromatic nitrogens is 1. The molecule has 0 spiro atoms. The van der Waals surface area contributed by atoms with Crippen molar-refractivity contribution >= 4 is 23.4 Å². The fraction of sp³-hybridized carbons (Fsp3) is 0.688. The fourth-order valence-corrected chi connectivity index (χ4v) is 4.72. The Labute approximate surface area is 132 Å². The zero-order valence-corrected chi connectivity index (χ0v) is 14.0. The summed E-state index contributed by atoms with van der Waals surface area (Å²) in [6, 6.07) is 4.43. The Morgan fingerprint density at radius 3 is 2.95 bits per heavy atom. The standard InChI is InChI=1S/C16H25ClN2S/c1-3-6-12-8-9-14(18-4-2)15(11-12)20-16-13(17)7-5-10-19-16/h5,7,10,12,14-15,18H,3-4,6,8-9,11H2,1-2H3. The smallest absolute Gasteiger partial charge is 0.115 e. The summed E-state index contributed by atoms with van der Waals surface area (Å²) in [5.41, 5.74) is 0. The van der Waals surface area contributed by atoms with Crippen LogP contribution in [0.25, 0.3) is 0 Å². The molecule has 1 heterocycles. The molecule has 1 N–H and O–H groups in total. The molecule has 112 valence electrons. The third-order valence-corrected chi connectivity index (χ3v) is 5.84. The number of thioether (sulfide) groups is 1. The highest BCUT2D eigenvalue weighted by molar-refractivity contribution is 8.00. The minimum Gasteiger partial charge on any atom is -0.313 e. The van der Waals surface area contributed by atoms with Crippen LogP contribution in [0.2, 0.25) is 5.02 Å². The average molecular weight is 313 g/mol. The first-order valence-corrected chi connectivity index (χ1v) is 9.00. The van der Waals surface area contributed by atoms with Gasteiger partial charge in [0.1, 0.15) is 5.03 Å². The summed E-state index contributed by atoms with van der Waals surface area (Å²) < 4.78 is 0. The van der Waals surface area contributed by atoms with Crippen LogP contribution in [0, 0.1) is 5.92 Å². The van der Waals surface area contributed by atoms with E-state index in [1.165, 1.54) is 32.1 Å². The maximum atomic E-state index is 6.26. The molecule has 0 aliphatic heterocycles. The number of hydrogen-bond acceptors (Lipinski definition) is 3. The van der Waals surface area contributed by atoms with Gasteiger partial charge in [-0.25, -0.2) is 4.98 Å². The Kier molecular flexibility index (Phi) is 6.66. The van der Waals surface area contributed by atoms with Crippen LogP contribution in [-0.4, -0.2) is 22.8 Å². The molecule has 0 saturated heterocycles. The summed E-state index contributed by atoms with van der Waals surface area (Å²) in [7, 11) is 0. The van der Waals surface area contributed by atoms with Crippen LogP contribution in [0.1, 0.15) is 46.0 Å². The van der Waals surface area contributed by atoms with E-state index in [9.17, 15) is 0 Å². The summed E-state index contributed by atoms with van der Waals surface area (Å²) in [6.07, 6.45) is 8.40. The Morgan fingerprint density at radius 2 is 2.25 bits per heavy atom. The van der Waals surface area contributed by atoms with E-state index in [1.54, 1.807) is 0 Å². The molecule has 1 saturated carbocycles. The van der Waals surface area contributed by atoms with E-state index < -0.39 is 0 Å². The molecule has 0 aromatic carbocycles. The number of hydrogen-bond donors (Lipinski definition) is 1. The molecule has 4 heteroatoms. The predicted molar refractivity (Wildman–Crippen MR) is 88.6 cm³/mol.